The summed E-state index contributed by atoms with van der Waals surface area (Å²) >= 11 is 1.30. The molecule has 0 fully saturated rings. The number of carbonyl (C=O) groups is 1. The third-order valence-electron chi connectivity index (χ3n) is 4.93. The topological polar surface area (TPSA) is 105 Å². The van der Waals surface area contributed by atoms with E-state index in [4.69, 9.17) is 5.41 Å². The number of rotatable bonds is 3. The van der Waals surface area contributed by atoms with Crippen LogP contribution in [-0.4, -0.2) is 31.3 Å². The molecule has 1 aromatic heterocycles. The number of nitro groups is 1. The minimum absolute atomic E-state index is 0.0161. The fourth-order valence-electron chi connectivity index (χ4n) is 3.44. The summed E-state index contributed by atoms with van der Waals surface area (Å²) in [4.78, 5) is 28.9. The van der Waals surface area contributed by atoms with Gasteiger partial charge in [0.05, 0.1) is 16.2 Å². The van der Waals surface area contributed by atoms with Crippen LogP contribution in [-0.2, 0) is 4.79 Å². The zero-order valence-corrected chi connectivity index (χ0v) is 16.8. The Kier molecular flexibility index (Phi) is 4.46. The third-order valence-corrected chi connectivity index (χ3v) is 5.68. The Morgan fingerprint density at radius 3 is 2.72 bits per heavy atom. The molecule has 3 heterocycles. The van der Waals surface area contributed by atoms with Crippen molar-refractivity contribution in [2.45, 2.75) is 20.8 Å². The lowest BCUT2D eigenvalue weighted by Crippen LogP contribution is -2.35. The average molecular weight is 407 g/mol. The first-order valence-corrected chi connectivity index (χ1v) is 9.66. The number of aromatic nitrogens is 1. The van der Waals surface area contributed by atoms with Crippen LogP contribution in [0.25, 0.3) is 11.8 Å². The minimum atomic E-state index is -0.450. The molecular weight excluding hydrogens is 390 g/mol. The number of nitrogens with zero attached hydrogens (tertiary/aromatic N) is 4. The maximum atomic E-state index is 12.5. The molecule has 1 N–H and O–H groups in total. The standard InChI is InChI=1S/C20H17N5O3S/c1-11-4-5-15(25(27)28)10-17(11)24-12(2)8-14(13(24)3)9-16-18(21)23-6-7-29-20(23)22-19(16)26/h4-10,21H,1-3H3. The van der Waals surface area contributed by atoms with Gasteiger partial charge in [0, 0.05) is 29.7 Å². The van der Waals surface area contributed by atoms with Crippen LogP contribution >= 0.6 is 11.8 Å². The average Bonchev–Trinajstić information content (AvgIpc) is 3.23. The van der Waals surface area contributed by atoms with Crippen molar-refractivity contribution in [3.8, 4) is 5.69 Å². The Balaban J connectivity index is 1.82. The van der Waals surface area contributed by atoms with Crippen LogP contribution in [0.15, 0.2) is 46.4 Å². The molecule has 0 bridgehead atoms. The van der Waals surface area contributed by atoms with Crippen LogP contribution in [0, 0.1) is 36.3 Å². The summed E-state index contributed by atoms with van der Waals surface area (Å²) < 4.78 is 1.92. The van der Waals surface area contributed by atoms with Crippen molar-refractivity contribution in [1.29, 1.82) is 5.41 Å². The molecule has 8 nitrogen and oxygen atoms in total. The lowest BCUT2D eigenvalue weighted by molar-refractivity contribution is -0.384. The number of benzene rings is 1. The molecule has 146 valence electrons. The van der Waals surface area contributed by atoms with Crippen molar-refractivity contribution < 1.29 is 9.72 Å². The Morgan fingerprint density at radius 2 is 2.00 bits per heavy atom. The number of carbonyl (C=O) groups excluding carboxylic acids is 1. The van der Waals surface area contributed by atoms with Gasteiger partial charge in [0.15, 0.2) is 5.17 Å². The molecule has 0 aliphatic carbocycles. The van der Waals surface area contributed by atoms with Crippen molar-refractivity contribution in [1.82, 2.24) is 9.47 Å². The van der Waals surface area contributed by atoms with Crippen LogP contribution in [0.3, 0.4) is 0 Å². The first-order chi connectivity index (χ1) is 13.8. The van der Waals surface area contributed by atoms with E-state index in [0.717, 1.165) is 22.5 Å². The largest absolute Gasteiger partial charge is 0.317 e. The number of nitrogens with one attached hydrogen (secondary N) is 1. The SMILES string of the molecule is Cc1ccc([N+](=O)[O-])cc1-n1c(C)cc(C=C2C(=N)N3C=CSC3=NC2=O)c1C. The number of nitro benzene ring substituents is 1. The molecule has 2 aromatic rings. The Morgan fingerprint density at radius 1 is 1.24 bits per heavy atom. The van der Waals surface area contributed by atoms with Gasteiger partial charge in [0.25, 0.3) is 11.6 Å². The van der Waals surface area contributed by atoms with Crippen molar-refractivity contribution in [3.63, 3.8) is 0 Å². The van der Waals surface area contributed by atoms with E-state index in [2.05, 4.69) is 4.99 Å². The quantitative estimate of drug-likeness (QED) is 0.469. The summed E-state index contributed by atoms with van der Waals surface area (Å²) in [5.74, 6) is -0.369. The first kappa shape index (κ1) is 18.9. The van der Waals surface area contributed by atoms with Crippen LogP contribution < -0.4 is 0 Å². The van der Waals surface area contributed by atoms with E-state index in [1.807, 2.05) is 31.4 Å². The number of aliphatic imine (C=N–C) groups is 1. The number of non-ortho nitro benzene ring substituents is 1. The van der Waals surface area contributed by atoms with Gasteiger partial charge in [0.1, 0.15) is 5.84 Å². The second kappa shape index (κ2) is 6.85. The summed E-state index contributed by atoms with van der Waals surface area (Å²) in [6.45, 7) is 5.68. The number of amides is 1. The molecule has 0 saturated carbocycles. The Hall–Kier alpha value is -3.46. The number of hydrogen-bond acceptors (Lipinski definition) is 5. The van der Waals surface area contributed by atoms with E-state index in [1.165, 1.54) is 17.8 Å². The minimum Gasteiger partial charge on any atom is -0.317 e. The Bertz CT molecular complexity index is 1190. The van der Waals surface area contributed by atoms with Gasteiger partial charge >= 0.3 is 0 Å². The molecule has 2 aliphatic rings. The maximum absolute atomic E-state index is 12.5. The molecule has 1 aromatic carbocycles. The van der Waals surface area contributed by atoms with Gasteiger partial charge < -0.3 is 4.57 Å². The van der Waals surface area contributed by atoms with E-state index in [9.17, 15) is 14.9 Å². The normalized spacial score (nSPS) is 17.1. The van der Waals surface area contributed by atoms with Crippen LogP contribution in [0.1, 0.15) is 22.5 Å². The number of aryl methyl sites for hydroxylation is 2. The highest BCUT2D eigenvalue weighted by Gasteiger charge is 2.31. The van der Waals surface area contributed by atoms with Gasteiger partial charge in [-0.2, -0.15) is 4.99 Å². The molecule has 0 atom stereocenters. The van der Waals surface area contributed by atoms with E-state index in [1.54, 1.807) is 34.7 Å². The van der Waals surface area contributed by atoms with Gasteiger partial charge in [-0.1, -0.05) is 17.8 Å². The highest BCUT2D eigenvalue weighted by molar-refractivity contribution is 8.16. The van der Waals surface area contributed by atoms with E-state index < -0.39 is 10.8 Å². The monoisotopic (exact) mass is 407 g/mol. The molecule has 0 unspecified atom stereocenters. The molecule has 0 spiro atoms. The fraction of sp³-hybridized carbons (Fsp3) is 0.150. The molecule has 1 amide bonds. The second-order valence-corrected chi connectivity index (χ2v) is 7.64. The lowest BCUT2D eigenvalue weighted by Gasteiger charge is -2.22. The smallest absolute Gasteiger partial charge is 0.283 e. The van der Waals surface area contributed by atoms with Crippen molar-refractivity contribution in [3.05, 3.63) is 74.1 Å². The number of thioether (sulfide) groups is 1. The zero-order chi connectivity index (χ0) is 20.9. The summed E-state index contributed by atoms with van der Waals surface area (Å²) in [5, 5.41) is 21.8. The number of fused-ring (bicyclic) bond motifs is 1. The summed E-state index contributed by atoms with van der Waals surface area (Å²) in [7, 11) is 0. The second-order valence-electron chi connectivity index (χ2n) is 6.77. The van der Waals surface area contributed by atoms with Gasteiger partial charge in [0.2, 0.25) is 0 Å². The zero-order valence-electron chi connectivity index (χ0n) is 16.0. The van der Waals surface area contributed by atoms with Crippen molar-refractivity contribution >= 4 is 40.4 Å². The third kappa shape index (κ3) is 3.09. The van der Waals surface area contributed by atoms with Crippen molar-refractivity contribution in [2.24, 2.45) is 4.99 Å². The van der Waals surface area contributed by atoms with Crippen LogP contribution in [0.5, 0.6) is 0 Å². The molecule has 9 heteroatoms. The van der Waals surface area contributed by atoms with Gasteiger partial charge in [-0.3, -0.25) is 25.2 Å². The summed E-state index contributed by atoms with van der Waals surface area (Å²) in [6.07, 6.45) is 3.37. The van der Waals surface area contributed by atoms with Crippen molar-refractivity contribution in [2.75, 3.05) is 0 Å². The molecule has 2 aliphatic heterocycles. The number of amidine groups is 2. The highest BCUT2D eigenvalue weighted by atomic mass is 32.2. The van der Waals surface area contributed by atoms with E-state index >= 15 is 0 Å². The molecular formula is C20H17N5O3S. The maximum Gasteiger partial charge on any atom is 0.283 e. The molecule has 0 saturated heterocycles. The van der Waals surface area contributed by atoms with E-state index in [-0.39, 0.29) is 17.1 Å². The number of hydrogen-bond donors (Lipinski definition) is 1. The van der Waals surface area contributed by atoms with E-state index in [0.29, 0.717) is 10.9 Å². The predicted molar refractivity (Wildman–Crippen MR) is 113 cm³/mol. The van der Waals surface area contributed by atoms with Gasteiger partial charge in [-0.05, 0) is 49.4 Å². The van der Waals surface area contributed by atoms with Crippen LogP contribution in [0.4, 0.5) is 5.69 Å². The highest BCUT2D eigenvalue weighted by Crippen LogP contribution is 2.30. The predicted octanol–water partition coefficient (Wildman–Crippen LogP) is 4.09. The van der Waals surface area contributed by atoms with Crippen LogP contribution in [0.2, 0.25) is 0 Å². The van der Waals surface area contributed by atoms with Gasteiger partial charge in [-0.15, -0.1) is 0 Å². The lowest BCUT2D eigenvalue weighted by atomic mass is 10.1. The Labute approximate surface area is 170 Å². The summed E-state index contributed by atoms with van der Waals surface area (Å²) in [6, 6.07) is 6.64. The molecule has 0 radical (unpaired) electrons. The van der Waals surface area contributed by atoms with Gasteiger partial charge in [-0.25, -0.2) is 0 Å². The molecule has 4 rings (SSSR count). The molecule has 29 heavy (non-hydrogen) atoms. The summed E-state index contributed by atoms with van der Waals surface area (Å²) in [5.41, 5.74) is 4.28. The first-order valence-electron chi connectivity index (χ1n) is 8.78. The fourth-order valence-corrected chi connectivity index (χ4v) is 4.15.